The Balaban J connectivity index is 1.37. The highest BCUT2D eigenvalue weighted by molar-refractivity contribution is 7.15. The number of esters is 1. The molecule has 1 fully saturated rings. The van der Waals surface area contributed by atoms with Gasteiger partial charge in [-0.2, -0.15) is 0 Å². The Morgan fingerprint density at radius 1 is 1.00 bits per heavy atom. The molecule has 6 nitrogen and oxygen atoms in total. The Kier molecular flexibility index (Phi) is 7.49. The minimum Gasteiger partial charge on any atom is -0.465 e. The number of carbonyl (C=O) groups excluding carboxylic acids is 2. The summed E-state index contributed by atoms with van der Waals surface area (Å²) < 4.78 is 18.2. The number of amides is 1. The van der Waals surface area contributed by atoms with Gasteiger partial charge in [0.25, 0.3) is 0 Å². The lowest BCUT2D eigenvalue weighted by Gasteiger charge is -2.34. The van der Waals surface area contributed by atoms with Crippen LogP contribution in [0.25, 0.3) is 11.1 Å². The van der Waals surface area contributed by atoms with Crippen LogP contribution in [0.15, 0.2) is 60.0 Å². The fourth-order valence-corrected chi connectivity index (χ4v) is 4.89. The molecule has 3 aromatic rings. The van der Waals surface area contributed by atoms with Crippen molar-refractivity contribution in [3.63, 3.8) is 0 Å². The van der Waals surface area contributed by atoms with Crippen LogP contribution in [0.2, 0.25) is 0 Å². The van der Waals surface area contributed by atoms with Gasteiger partial charge in [0.15, 0.2) is 0 Å². The van der Waals surface area contributed by atoms with Gasteiger partial charge >= 0.3 is 5.97 Å². The van der Waals surface area contributed by atoms with Crippen LogP contribution in [0.3, 0.4) is 0 Å². The first-order valence-electron chi connectivity index (χ1n) is 10.8. The topological polar surface area (TPSA) is 61.9 Å². The summed E-state index contributed by atoms with van der Waals surface area (Å²) in [5.41, 5.74) is 2.86. The van der Waals surface area contributed by atoms with E-state index in [0.29, 0.717) is 16.1 Å². The number of anilines is 1. The van der Waals surface area contributed by atoms with E-state index in [4.69, 9.17) is 4.74 Å². The second-order valence-corrected chi connectivity index (χ2v) is 8.82. The smallest absolute Gasteiger partial charge is 0.341 e. The van der Waals surface area contributed by atoms with Crippen molar-refractivity contribution in [1.29, 1.82) is 0 Å². The lowest BCUT2D eigenvalue weighted by Crippen LogP contribution is -2.48. The molecule has 0 atom stereocenters. The van der Waals surface area contributed by atoms with Crippen molar-refractivity contribution in [3.05, 3.63) is 76.9 Å². The molecule has 8 heteroatoms. The highest BCUT2D eigenvalue weighted by Gasteiger charge is 2.24. The fourth-order valence-electron chi connectivity index (χ4n) is 3.91. The maximum Gasteiger partial charge on any atom is 0.341 e. The van der Waals surface area contributed by atoms with E-state index in [1.165, 1.54) is 36.1 Å². The summed E-state index contributed by atoms with van der Waals surface area (Å²) in [5.74, 6) is -1.07. The third kappa shape index (κ3) is 5.84. The van der Waals surface area contributed by atoms with Crippen molar-refractivity contribution in [2.75, 3.05) is 45.2 Å². The van der Waals surface area contributed by atoms with Gasteiger partial charge in [0.05, 0.1) is 13.7 Å². The van der Waals surface area contributed by atoms with Crippen LogP contribution in [0.5, 0.6) is 0 Å². The Morgan fingerprint density at radius 2 is 1.67 bits per heavy atom. The first-order valence-corrected chi connectivity index (χ1v) is 11.7. The maximum absolute atomic E-state index is 13.3. The summed E-state index contributed by atoms with van der Waals surface area (Å²) in [7, 11) is 1.30. The number of nitrogens with zero attached hydrogens (tertiary/aromatic N) is 2. The van der Waals surface area contributed by atoms with Crippen LogP contribution in [-0.4, -0.2) is 61.5 Å². The number of ether oxygens (including phenoxy) is 1. The fraction of sp³-hybridized carbons (Fsp3) is 0.280. The van der Waals surface area contributed by atoms with Crippen molar-refractivity contribution < 1.29 is 18.7 Å². The standard InChI is InChI=1S/C25H26FN3O3S/c1-32-25(31)23-21(19-7-9-20(26)10-8-19)17-33-24(23)27-22(30)16-29-13-11-28(12-14-29)15-18-5-3-2-4-6-18/h2-10,17H,11-16H2,1H3,(H,27,30). The molecule has 0 bridgehead atoms. The number of nitrogens with one attached hydrogen (secondary N) is 1. The van der Waals surface area contributed by atoms with Crippen LogP contribution in [-0.2, 0) is 16.1 Å². The molecule has 0 aliphatic carbocycles. The van der Waals surface area contributed by atoms with E-state index < -0.39 is 5.97 Å². The van der Waals surface area contributed by atoms with E-state index in [-0.39, 0.29) is 23.8 Å². The minimum absolute atomic E-state index is 0.177. The monoisotopic (exact) mass is 467 g/mol. The second kappa shape index (κ2) is 10.7. The van der Waals surface area contributed by atoms with Gasteiger partial charge in [-0.1, -0.05) is 42.5 Å². The number of hydrogen-bond donors (Lipinski definition) is 1. The summed E-state index contributed by atoms with van der Waals surface area (Å²) in [5, 5.41) is 5.09. The Hall–Kier alpha value is -3.07. The van der Waals surface area contributed by atoms with Gasteiger partial charge in [-0.3, -0.25) is 14.6 Å². The number of halogens is 1. The molecule has 0 radical (unpaired) electrons. The van der Waals surface area contributed by atoms with E-state index in [1.807, 2.05) is 18.2 Å². The molecule has 0 spiro atoms. The third-order valence-electron chi connectivity index (χ3n) is 5.67. The van der Waals surface area contributed by atoms with E-state index in [9.17, 15) is 14.0 Å². The molecule has 1 aliphatic heterocycles. The molecule has 172 valence electrons. The summed E-state index contributed by atoms with van der Waals surface area (Å²) in [4.78, 5) is 29.7. The van der Waals surface area contributed by atoms with Crippen molar-refractivity contribution in [2.45, 2.75) is 6.54 Å². The highest BCUT2D eigenvalue weighted by Crippen LogP contribution is 2.36. The van der Waals surface area contributed by atoms with Crippen molar-refractivity contribution >= 4 is 28.2 Å². The predicted octanol–water partition coefficient (Wildman–Crippen LogP) is 4.10. The van der Waals surface area contributed by atoms with Crippen molar-refractivity contribution in [3.8, 4) is 11.1 Å². The second-order valence-electron chi connectivity index (χ2n) is 7.94. The number of carbonyl (C=O) groups is 2. The van der Waals surface area contributed by atoms with E-state index in [2.05, 4.69) is 27.2 Å². The van der Waals surface area contributed by atoms with E-state index in [0.717, 1.165) is 32.7 Å². The van der Waals surface area contributed by atoms with E-state index in [1.54, 1.807) is 17.5 Å². The van der Waals surface area contributed by atoms with Crippen LogP contribution in [0.4, 0.5) is 9.39 Å². The largest absolute Gasteiger partial charge is 0.465 e. The first kappa shape index (κ1) is 23.1. The normalized spacial score (nSPS) is 14.7. The maximum atomic E-state index is 13.3. The highest BCUT2D eigenvalue weighted by atomic mass is 32.1. The SMILES string of the molecule is COC(=O)c1c(-c2ccc(F)cc2)csc1NC(=O)CN1CCN(Cc2ccccc2)CC1. The van der Waals surface area contributed by atoms with Crippen LogP contribution in [0.1, 0.15) is 15.9 Å². The molecule has 1 aliphatic rings. The molecule has 1 N–H and O–H groups in total. The minimum atomic E-state index is -0.541. The van der Waals surface area contributed by atoms with Gasteiger partial charge < -0.3 is 10.1 Å². The number of methoxy groups -OCH3 is 1. The molecule has 1 amide bonds. The summed E-state index contributed by atoms with van der Waals surface area (Å²) in [6.07, 6.45) is 0. The zero-order valence-electron chi connectivity index (χ0n) is 18.4. The summed E-state index contributed by atoms with van der Waals surface area (Å²) >= 11 is 1.26. The molecule has 1 aromatic heterocycles. The molecule has 33 heavy (non-hydrogen) atoms. The number of hydrogen-bond acceptors (Lipinski definition) is 6. The van der Waals surface area contributed by atoms with Gasteiger partial charge in [-0.05, 0) is 23.3 Å². The van der Waals surface area contributed by atoms with Crippen molar-refractivity contribution in [2.24, 2.45) is 0 Å². The van der Waals surface area contributed by atoms with Crippen molar-refractivity contribution in [1.82, 2.24) is 9.80 Å². The number of piperazine rings is 1. The van der Waals surface area contributed by atoms with E-state index >= 15 is 0 Å². The molecule has 0 unspecified atom stereocenters. The molecular weight excluding hydrogens is 441 g/mol. The average molecular weight is 468 g/mol. The first-order chi connectivity index (χ1) is 16.0. The molecule has 1 saturated heterocycles. The summed E-state index contributed by atoms with van der Waals surface area (Å²) in [6, 6.07) is 16.2. The predicted molar refractivity (Wildman–Crippen MR) is 128 cm³/mol. The van der Waals surface area contributed by atoms with Gasteiger partial charge in [-0.25, -0.2) is 9.18 Å². The molecule has 2 heterocycles. The average Bonchev–Trinajstić information content (AvgIpc) is 3.24. The van der Waals surface area contributed by atoms with Crippen LogP contribution >= 0.6 is 11.3 Å². The number of thiophene rings is 1. The summed E-state index contributed by atoms with van der Waals surface area (Å²) in [6.45, 7) is 4.55. The van der Waals surface area contributed by atoms with Gasteiger partial charge in [0.2, 0.25) is 5.91 Å². The van der Waals surface area contributed by atoms with Gasteiger partial charge in [0.1, 0.15) is 16.4 Å². The lowest BCUT2D eigenvalue weighted by atomic mass is 10.0. The van der Waals surface area contributed by atoms with Crippen LogP contribution in [0, 0.1) is 5.82 Å². The number of benzene rings is 2. The Labute approximate surface area is 196 Å². The lowest BCUT2D eigenvalue weighted by molar-refractivity contribution is -0.117. The zero-order chi connectivity index (χ0) is 23.2. The Bertz CT molecular complexity index is 1090. The third-order valence-corrected chi connectivity index (χ3v) is 6.57. The quantitative estimate of drug-likeness (QED) is 0.530. The molecule has 0 saturated carbocycles. The van der Waals surface area contributed by atoms with Crippen LogP contribution < -0.4 is 5.32 Å². The van der Waals surface area contributed by atoms with Gasteiger partial charge in [0, 0.05) is 43.7 Å². The number of rotatable bonds is 7. The molecule has 4 rings (SSSR count). The van der Waals surface area contributed by atoms with Gasteiger partial charge in [-0.15, -0.1) is 11.3 Å². The zero-order valence-corrected chi connectivity index (χ0v) is 19.2. The Morgan fingerprint density at radius 3 is 2.33 bits per heavy atom. The molecule has 2 aromatic carbocycles. The molecular formula is C25H26FN3O3S.